The lowest BCUT2D eigenvalue weighted by Crippen LogP contribution is -2.42. The molecule has 1 aliphatic heterocycles. The predicted octanol–water partition coefficient (Wildman–Crippen LogP) is 1.64. The molecule has 1 unspecified atom stereocenters. The number of carbonyl (C=O) groups excluding carboxylic acids is 2. The van der Waals surface area contributed by atoms with E-state index in [-0.39, 0.29) is 11.9 Å². The molecule has 1 saturated heterocycles. The van der Waals surface area contributed by atoms with Gasteiger partial charge in [0.05, 0.1) is 6.54 Å². The van der Waals surface area contributed by atoms with Gasteiger partial charge in [-0.1, -0.05) is 43.2 Å². The number of rotatable bonds is 4. The lowest BCUT2D eigenvalue weighted by atomic mass is 10.2. The summed E-state index contributed by atoms with van der Waals surface area (Å²) < 4.78 is 0. The van der Waals surface area contributed by atoms with Crippen molar-refractivity contribution in [2.45, 2.75) is 44.3 Å². The number of hydrogen-bond acceptors (Lipinski definition) is 2. The van der Waals surface area contributed by atoms with Crippen LogP contribution >= 0.6 is 0 Å². The molecule has 1 aromatic carbocycles. The molecule has 1 atom stereocenters. The smallest absolute Gasteiger partial charge is 0.318 e. The monoisotopic (exact) mass is 287 g/mol. The number of urea groups is 1. The topological polar surface area (TPSA) is 61.4 Å². The zero-order valence-electron chi connectivity index (χ0n) is 12.0. The van der Waals surface area contributed by atoms with E-state index in [0.29, 0.717) is 19.1 Å². The highest BCUT2D eigenvalue weighted by atomic mass is 16.2. The molecule has 0 spiro atoms. The molecule has 1 saturated carbocycles. The third-order valence-electron chi connectivity index (χ3n) is 4.33. The fraction of sp³-hybridized carbons (Fsp3) is 0.500. The van der Waals surface area contributed by atoms with Crippen LogP contribution in [0.1, 0.15) is 31.2 Å². The van der Waals surface area contributed by atoms with Crippen LogP contribution in [-0.2, 0) is 11.3 Å². The summed E-state index contributed by atoms with van der Waals surface area (Å²) in [5.41, 5.74) is 1.06. The van der Waals surface area contributed by atoms with Gasteiger partial charge in [-0.2, -0.15) is 0 Å². The summed E-state index contributed by atoms with van der Waals surface area (Å²) in [5, 5.41) is 5.68. The number of nitrogens with one attached hydrogen (secondary N) is 2. The van der Waals surface area contributed by atoms with Crippen molar-refractivity contribution in [3.8, 4) is 0 Å². The molecule has 1 heterocycles. The molecular weight excluding hydrogens is 266 g/mol. The summed E-state index contributed by atoms with van der Waals surface area (Å²) in [4.78, 5) is 26.0. The van der Waals surface area contributed by atoms with Crippen LogP contribution in [0.2, 0.25) is 0 Å². The number of hydrogen-bond donors (Lipinski definition) is 2. The van der Waals surface area contributed by atoms with Crippen LogP contribution in [0.5, 0.6) is 0 Å². The van der Waals surface area contributed by atoms with Gasteiger partial charge in [0.25, 0.3) is 0 Å². The van der Waals surface area contributed by atoms with Gasteiger partial charge in [0.1, 0.15) is 6.04 Å². The molecule has 2 fully saturated rings. The minimum atomic E-state index is -0.429. The van der Waals surface area contributed by atoms with Crippen molar-refractivity contribution in [3.05, 3.63) is 35.9 Å². The molecule has 0 aromatic heterocycles. The second-order valence-corrected chi connectivity index (χ2v) is 5.80. The molecule has 1 aliphatic carbocycles. The van der Waals surface area contributed by atoms with Crippen LogP contribution in [0.25, 0.3) is 0 Å². The first kappa shape index (κ1) is 13.9. The molecule has 0 bridgehead atoms. The Morgan fingerprint density at radius 3 is 2.67 bits per heavy atom. The van der Waals surface area contributed by atoms with Crippen molar-refractivity contribution in [1.29, 1.82) is 0 Å². The van der Waals surface area contributed by atoms with E-state index in [9.17, 15) is 9.59 Å². The standard InChI is InChI=1S/C16H21N3O2/c20-15(17-10-12-6-2-1-3-7-12)14-11-19(16(21)18-14)13-8-4-5-9-13/h1-3,6-7,13-14H,4-5,8-11H2,(H,17,20)(H,18,21). The highest BCUT2D eigenvalue weighted by molar-refractivity contribution is 5.90. The van der Waals surface area contributed by atoms with Gasteiger partial charge in [0.2, 0.25) is 5.91 Å². The van der Waals surface area contributed by atoms with Gasteiger partial charge < -0.3 is 15.5 Å². The second-order valence-electron chi connectivity index (χ2n) is 5.80. The third-order valence-corrected chi connectivity index (χ3v) is 4.33. The first-order valence-corrected chi connectivity index (χ1v) is 7.63. The molecular formula is C16H21N3O2. The quantitative estimate of drug-likeness (QED) is 0.884. The van der Waals surface area contributed by atoms with Crippen molar-refractivity contribution in [2.75, 3.05) is 6.54 Å². The summed E-state index contributed by atoms with van der Waals surface area (Å²) in [6.07, 6.45) is 4.48. The third kappa shape index (κ3) is 3.17. The first-order chi connectivity index (χ1) is 10.2. The lowest BCUT2D eigenvalue weighted by molar-refractivity contribution is -0.122. The van der Waals surface area contributed by atoms with Gasteiger partial charge in [-0.15, -0.1) is 0 Å². The van der Waals surface area contributed by atoms with Gasteiger partial charge >= 0.3 is 6.03 Å². The molecule has 112 valence electrons. The minimum absolute atomic E-state index is 0.0956. The van der Waals surface area contributed by atoms with Crippen LogP contribution in [0.3, 0.4) is 0 Å². The minimum Gasteiger partial charge on any atom is -0.350 e. The maximum atomic E-state index is 12.2. The van der Waals surface area contributed by atoms with Gasteiger partial charge in [0, 0.05) is 12.6 Å². The summed E-state index contributed by atoms with van der Waals surface area (Å²) >= 11 is 0. The molecule has 5 nitrogen and oxygen atoms in total. The zero-order chi connectivity index (χ0) is 14.7. The number of nitrogens with zero attached hydrogens (tertiary/aromatic N) is 1. The van der Waals surface area contributed by atoms with E-state index in [0.717, 1.165) is 18.4 Å². The lowest BCUT2D eigenvalue weighted by Gasteiger charge is -2.22. The molecule has 3 rings (SSSR count). The van der Waals surface area contributed by atoms with Crippen LogP contribution in [0, 0.1) is 0 Å². The maximum Gasteiger partial charge on any atom is 0.318 e. The Balaban J connectivity index is 1.52. The summed E-state index contributed by atoms with van der Waals surface area (Å²) in [6, 6.07) is 9.57. The van der Waals surface area contributed by atoms with E-state index in [1.165, 1.54) is 12.8 Å². The van der Waals surface area contributed by atoms with Crippen molar-refractivity contribution in [2.24, 2.45) is 0 Å². The van der Waals surface area contributed by atoms with Crippen LogP contribution in [-0.4, -0.2) is 35.5 Å². The fourth-order valence-corrected chi connectivity index (χ4v) is 3.14. The Labute approximate surface area is 124 Å². The Kier molecular flexibility index (Phi) is 4.08. The molecule has 2 aliphatic rings. The Bertz CT molecular complexity index is 512. The van der Waals surface area contributed by atoms with Crippen molar-refractivity contribution in [1.82, 2.24) is 15.5 Å². The average Bonchev–Trinajstić information content (AvgIpc) is 3.15. The van der Waals surface area contributed by atoms with E-state index < -0.39 is 6.04 Å². The normalized spacial score (nSPS) is 22.4. The van der Waals surface area contributed by atoms with Crippen LogP contribution in [0.15, 0.2) is 30.3 Å². The Morgan fingerprint density at radius 2 is 1.95 bits per heavy atom. The molecule has 0 radical (unpaired) electrons. The van der Waals surface area contributed by atoms with E-state index in [1.807, 2.05) is 35.2 Å². The van der Waals surface area contributed by atoms with E-state index in [4.69, 9.17) is 0 Å². The largest absolute Gasteiger partial charge is 0.350 e. The zero-order valence-corrected chi connectivity index (χ0v) is 12.0. The van der Waals surface area contributed by atoms with Gasteiger partial charge in [-0.05, 0) is 18.4 Å². The SMILES string of the molecule is O=C(NCc1ccccc1)C1CN(C2CCCC2)C(=O)N1. The Morgan fingerprint density at radius 1 is 1.24 bits per heavy atom. The van der Waals surface area contributed by atoms with Crippen molar-refractivity contribution in [3.63, 3.8) is 0 Å². The van der Waals surface area contributed by atoms with E-state index in [2.05, 4.69) is 10.6 Å². The molecule has 21 heavy (non-hydrogen) atoms. The van der Waals surface area contributed by atoms with Crippen LogP contribution in [0.4, 0.5) is 4.79 Å². The van der Waals surface area contributed by atoms with Crippen molar-refractivity contribution >= 4 is 11.9 Å². The molecule has 2 N–H and O–H groups in total. The number of amides is 3. The number of benzene rings is 1. The number of carbonyl (C=O) groups is 2. The first-order valence-electron chi connectivity index (χ1n) is 7.63. The highest BCUT2D eigenvalue weighted by Gasteiger charge is 2.37. The summed E-state index contributed by atoms with van der Waals surface area (Å²) in [5.74, 6) is -0.104. The summed E-state index contributed by atoms with van der Waals surface area (Å²) in [6.45, 7) is 0.986. The fourth-order valence-electron chi connectivity index (χ4n) is 3.14. The van der Waals surface area contributed by atoms with E-state index >= 15 is 0 Å². The maximum absolute atomic E-state index is 12.2. The molecule has 3 amide bonds. The van der Waals surface area contributed by atoms with Crippen molar-refractivity contribution < 1.29 is 9.59 Å². The van der Waals surface area contributed by atoms with Crippen LogP contribution < -0.4 is 10.6 Å². The average molecular weight is 287 g/mol. The van der Waals surface area contributed by atoms with Gasteiger partial charge in [-0.3, -0.25) is 4.79 Å². The second kappa shape index (κ2) is 6.16. The Hall–Kier alpha value is -2.04. The molecule has 1 aromatic rings. The highest BCUT2D eigenvalue weighted by Crippen LogP contribution is 2.25. The van der Waals surface area contributed by atoms with Gasteiger partial charge in [-0.25, -0.2) is 4.79 Å². The predicted molar refractivity (Wildman–Crippen MR) is 79.6 cm³/mol. The molecule has 5 heteroatoms. The van der Waals surface area contributed by atoms with E-state index in [1.54, 1.807) is 0 Å². The van der Waals surface area contributed by atoms with Gasteiger partial charge in [0.15, 0.2) is 0 Å². The summed E-state index contributed by atoms with van der Waals surface area (Å²) in [7, 11) is 0.